The zero-order valence-corrected chi connectivity index (χ0v) is 17.0. The lowest BCUT2D eigenvalue weighted by molar-refractivity contribution is -0.132. The maximum absolute atomic E-state index is 13.8. The smallest absolute Gasteiger partial charge is 0.246 e. The average molecular weight is 445 g/mol. The zero-order chi connectivity index (χ0) is 19.9. The van der Waals surface area contributed by atoms with Gasteiger partial charge < -0.3 is 10.2 Å². The van der Waals surface area contributed by atoms with E-state index in [4.69, 9.17) is 0 Å². The molecule has 1 heterocycles. The lowest BCUT2D eigenvalue weighted by atomic mass is 9.95. The van der Waals surface area contributed by atoms with E-state index >= 15 is 0 Å². The van der Waals surface area contributed by atoms with Crippen molar-refractivity contribution in [2.45, 2.75) is 19.4 Å². The van der Waals surface area contributed by atoms with Gasteiger partial charge in [-0.25, -0.2) is 4.39 Å². The van der Waals surface area contributed by atoms with E-state index in [0.717, 1.165) is 10.0 Å². The highest BCUT2D eigenvalue weighted by molar-refractivity contribution is 9.10. The number of rotatable bonds is 5. The molecule has 2 aromatic rings. The lowest BCUT2D eigenvalue weighted by Crippen LogP contribution is -2.42. The van der Waals surface area contributed by atoms with Crippen LogP contribution in [0.3, 0.4) is 0 Å². The Morgan fingerprint density at radius 2 is 1.86 bits per heavy atom. The molecule has 28 heavy (non-hydrogen) atoms. The normalized spacial score (nSPS) is 15.0. The van der Waals surface area contributed by atoms with Crippen LogP contribution in [0.25, 0.3) is 6.08 Å². The summed E-state index contributed by atoms with van der Waals surface area (Å²) in [6.07, 6.45) is 4.59. The largest absolute Gasteiger partial charge is 0.352 e. The monoisotopic (exact) mass is 444 g/mol. The Kier molecular flexibility index (Phi) is 6.98. The molecule has 1 aliphatic rings. The van der Waals surface area contributed by atoms with Crippen molar-refractivity contribution in [1.82, 2.24) is 10.2 Å². The van der Waals surface area contributed by atoms with Crippen LogP contribution < -0.4 is 5.32 Å². The Hall–Kier alpha value is -2.47. The summed E-state index contributed by atoms with van der Waals surface area (Å²) >= 11 is 3.31. The number of nitrogens with one attached hydrogen (secondary N) is 1. The van der Waals surface area contributed by atoms with Gasteiger partial charge in [0.2, 0.25) is 11.8 Å². The van der Waals surface area contributed by atoms with E-state index in [1.54, 1.807) is 29.2 Å². The number of carbonyl (C=O) groups excluding carboxylic acids is 2. The van der Waals surface area contributed by atoms with Crippen molar-refractivity contribution < 1.29 is 14.0 Å². The van der Waals surface area contributed by atoms with E-state index < -0.39 is 0 Å². The van der Waals surface area contributed by atoms with Crippen molar-refractivity contribution in [3.63, 3.8) is 0 Å². The SMILES string of the molecule is O=C(NCc1cc(Br)ccc1F)C1CCN(C(=O)C=Cc2ccccc2)CC1. The van der Waals surface area contributed by atoms with E-state index in [0.29, 0.717) is 31.5 Å². The van der Waals surface area contributed by atoms with Crippen LogP contribution in [0, 0.1) is 11.7 Å². The highest BCUT2D eigenvalue weighted by atomic mass is 79.9. The summed E-state index contributed by atoms with van der Waals surface area (Å²) in [4.78, 5) is 26.5. The molecule has 1 aliphatic heterocycles. The molecule has 3 rings (SSSR count). The summed E-state index contributed by atoms with van der Waals surface area (Å²) in [5.41, 5.74) is 1.42. The fourth-order valence-corrected chi connectivity index (χ4v) is 3.61. The third-order valence-electron chi connectivity index (χ3n) is 4.86. The number of nitrogens with zero attached hydrogens (tertiary/aromatic N) is 1. The van der Waals surface area contributed by atoms with Crippen LogP contribution in [0.1, 0.15) is 24.0 Å². The minimum absolute atomic E-state index is 0.0427. The summed E-state index contributed by atoms with van der Waals surface area (Å²) in [5.74, 6) is -0.628. The molecule has 0 radical (unpaired) electrons. The molecule has 0 saturated carbocycles. The molecule has 6 heteroatoms. The third-order valence-corrected chi connectivity index (χ3v) is 5.35. The fourth-order valence-electron chi connectivity index (χ4n) is 3.20. The molecular weight excluding hydrogens is 423 g/mol. The molecule has 0 spiro atoms. The van der Waals surface area contributed by atoms with E-state index in [2.05, 4.69) is 21.2 Å². The molecule has 0 atom stereocenters. The second kappa shape index (κ2) is 9.64. The molecule has 1 saturated heterocycles. The van der Waals surface area contributed by atoms with Gasteiger partial charge in [0.1, 0.15) is 5.82 Å². The van der Waals surface area contributed by atoms with Crippen molar-refractivity contribution in [3.05, 3.63) is 76.0 Å². The average Bonchev–Trinajstić information content (AvgIpc) is 2.73. The minimum atomic E-state index is -0.339. The summed E-state index contributed by atoms with van der Waals surface area (Å²) in [6.45, 7) is 1.24. The van der Waals surface area contributed by atoms with Gasteiger partial charge in [0.05, 0.1) is 0 Å². The number of likely N-dealkylation sites (tertiary alicyclic amines) is 1. The quantitative estimate of drug-likeness (QED) is 0.703. The molecule has 1 fully saturated rings. The Morgan fingerprint density at radius 1 is 1.14 bits per heavy atom. The first kappa shape index (κ1) is 20.3. The molecule has 0 aromatic heterocycles. The van der Waals surface area contributed by atoms with Gasteiger partial charge in [-0.1, -0.05) is 46.3 Å². The standard InChI is InChI=1S/C22H22BrFN2O2/c23-19-7-8-20(24)18(14-19)15-25-22(28)17-10-12-26(13-11-17)21(27)9-6-16-4-2-1-3-5-16/h1-9,14,17H,10-13,15H2,(H,25,28). The number of hydrogen-bond acceptors (Lipinski definition) is 2. The van der Waals surface area contributed by atoms with Crippen LogP contribution >= 0.6 is 15.9 Å². The topological polar surface area (TPSA) is 49.4 Å². The Balaban J connectivity index is 1.46. The van der Waals surface area contributed by atoms with Gasteiger partial charge in [0.15, 0.2) is 0 Å². The van der Waals surface area contributed by atoms with Gasteiger partial charge in [-0.05, 0) is 42.7 Å². The first-order valence-corrected chi connectivity index (χ1v) is 10.1. The van der Waals surface area contributed by atoms with Crippen molar-refractivity contribution in [2.75, 3.05) is 13.1 Å². The first-order valence-electron chi connectivity index (χ1n) is 9.26. The van der Waals surface area contributed by atoms with Crippen LogP contribution in [0.5, 0.6) is 0 Å². The maximum atomic E-state index is 13.8. The molecular formula is C22H22BrFN2O2. The van der Waals surface area contributed by atoms with Crippen molar-refractivity contribution in [3.8, 4) is 0 Å². The Labute approximate surface area is 172 Å². The highest BCUT2D eigenvalue weighted by Gasteiger charge is 2.26. The van der Waals surface area contributed by atoms with E-state index in [-0.39, 0.29) is 30.1 Å². The summed E-state index contributed by atoms with van der Waals surface area (Å²) in [5, 5.41) is 2.81. The molecule has 1 N–H and O–H groups in total. The number of piperidine rings is 1. The van der Waals surface area contributed by atoms with Gasteiger partial charge in [0, 0.05) is 41.7 Å². The predicted molar refractivity (Wildman–Crippen MR) is 111 cm³/mol. The Bertz CT molecular complexity index is 862. The molecule has 0 aliphatic carbocycles. The van der Waals surface area contributed by atoms with Crippen LogP contribution in [0.15, 0.2) is 59.1 Å². The first-order chi connectivity index (χ1) is 13.5. The van der Waals surface area contributed by atoms with Crippen molar-refractivity contribution in [1.29, 1.82) is 0 Å². The summed E-state index contributed by atoms with van der Waals surface area (Å²) < 4.78 is 14.5. The maximum Gasteiger partial charge on any atom is 0.246 e. The van der Waals surface area contributed by atoms with E-state index in [1.807, 2.05) is 30.3 Å². The summed E-state index contributed by atoms with van der Waals surface area (Å²) in [7, 11) is 0. The molecule has 2 aromatic carbocycles. The van der Waals surface area contributed by atoms with E-state index in [1.165, 1.54) is 6.07 Å². The molecule has 2 amide bonds. The van der Waals surface area contributed by atoms with Gasteiger partial charge in [-0.3, -0.25) is 9.59 Å². The molecule has 146 valence electrons. The number of hydrogen-bond donors (Lipinski definition) is 1. The number of benzene rings is 2. The van der Waals surface area contributed by atoms with Crippen LogP contribution in [0.2, 0.25) is 0 Å². The molecule has 0 bridgehead atoms. The number of carbonyl (C=O) groups is 2. The van der Waals surface area contributed by atoms with Gasteiger partial charge in [0.25, 0.3) is 0 Å². The second-order valence-electron chi connectivity index (χ2n) is 6.80. The van der Waals surface area contributed by atoms with Gasteiger partial charge in [-0.2, -0.15) is 0 Å². The van der Waals surface area contributed by atoms with Crippen LogP contribution in [-0.4, -0.2) is 29.8 Å². The Morgan fingerprint density at radius 3 is 2.57 bits per heavy atom. The highest BCUT2D eigenvalue weighted by Crippen LogP contribution is 2.19. The van der Waals surface area contributed by atoms with E-state index in [9.17, 15) is 14.0 Å². The fraction of sp³-hybridized carbons (Fsp3) is 0.273. The van der Waals surface area contributed by atoms with Gasteiger partial charge in [-0.15, -0.1) is 0 Å². The van der Waals surface area contributed by atoms with Crippen molar-refractivity contribution >= 4 is 33.8 Å². The minimum Gasteiger partial charge on any atom is -0.352 e. The third kappa shape index (κ3) is 5.52. The number of halogens is 2. The molecule has 4 nitrogen and oxygen atoms in total. The molecule has 0 unspecified atom stereocenters. The van der Waals surface area contributed by atoms with Crippen molar-refractivity contribution in [2.24, 2.45) is 5.92 Å². The zero-order valence-electron chi connectivity index (χ0n) is 15.4. The predicted octanol–water partition coefficient (Wildman–Crippen LogP) is 4.16. The number of amides is 2. The lowest BCUT2D eigenvalue weighted by Gasteiger charge is -2.30. The van der Waals surface area contributed by atoms with Crippen LogP contribution in [-0.2, 0) is 16.1 Å². The van der Waals surface area contributed by atoms with Gasteiger partial charge >= 0.3 is 0 Å². The van der Waals surface area contributed by atoms with Crippen LogP contribution in [0.4, 0.5) is 4.39 Å². The summed E-state index contributed by atoms with van der Waals surface area (Å²) in [6, 6.07) is 14.3. The second-order valence-corrected chi connectivity index (χ2v) is 7.71.